The third-order valence-electron chi connectivity index (χ3n) is 4.62. The molecule has 1 saturated heterocycles. The van der Waals surface area contributed by atoms with Gasteiger partial charge in [-0.05, 0) is 37.1 Å². The van der Waals surface area contributed by atoms with Crippen molar-refractivity contribution in [3.05, 3.63) is 41.6 Å². The van der Waals surface area contributed by atoms with Crippen molar-refractivity contribution in [3.63, 3.8) is 0 Å². The van der Waals surface area contributed by atoms with Gasteiger partial charge >= 0.3 is 12.1 Å². The molecule has 0 saturated carbocycles. The molecule has 1 atom stereocenters. The standard InChI is InChI=1S/C17H19F3N4O4S/c1-23(2)29(26,27)13-7-5-11(6-8-13)15(25)24-9-3-4-12(10-24)14-21-22-16(28-14)17(18,19)20/h5-8,12H,3-4,9-10H2,1-2H3. The molecule has 1 aliphatic rings. The van der Waals surface area contributed by atoms with E-state index in [1.807, 2.05) is 0 Å². The van der Waals surface area contributed by atoms with Crippen LogP contribution in [0, 0.1) is 0 Å². The number of amides is 1. The van der Waals surface area contributed by atoms with Crippen LogP contribution in [0.15, 0.2) is 33.6 Å². The van der Waals surface area contributed by atoms with Crippen LogP contribution in [0.1, 0.15) is 40.9 Å². The molecular formula is C17H19F3N4O4S. The minimum absolute atomic E-state index is 0.0566. The number of likely N-dealkylation sites (tertiary alicyclic amines) is 1. The van der Waals surface area contributed by atoms with Gasteiger partial charge < -0.3 is 9.32 Å². The number of rotatable bonds is 4. The highest BCUT2D eigenvalue weighted by atomic mass is 32.2. The van der Waals surface area contributed by atoms with E-state index in [1.165, 1.54) is 43.3 Å². The molecule has 1 aliphatic heterocycles. The number of hydrogen-bond donors (Lipinski definition) is 0. The van der Waals surface area contributed by atoms with E-state index in [4.69, 9.17) is 4.42 Å². The van der Waals surface area contributed by atoms with Gasteiger partial charge in [0.15, 0.2) is 0 Å². The van der Waals surface area contributed by atoms with Crippen molar-refractivity contribution in [3.8, 4) is 0 Å². The summed E-state index contributed by atoms with van der Waals surface area (Å²) in [5.41, 5.74) is 0.282. The van der Waals surface area contributed by atoms with Gasteiger partial charge in [0.1, 0.15) is 0 Å². The molecule has 1 unspecified atom stereocenters. The Kier molecular flexibility index (Phi) is 5.68. The predicted octanol–water partition coefficient (Wildman–Crippen LogP) is 2.36. The predicted molar refractivity (Wildman–Crippen MR) is 94.5 cm³/mol. The van der Waals surface area contributed by atoms with E-state index in [2.05, 4.69) is 10.2 Å². The lowest BCUT2D eigenvalue weighted by Crippen LogP contribution is -2.39. The van der Waals surface area contributed by atoms with Gasteiger partial charge in [-0.3, -0.25) is 4.79 Å². The molecule has 0 N–H and O–H groups in total. The first-order valence-corrected chi connectivity index (χ1v) is 10.2. The van der Waals surface area contributed by atoms with Crippen molar-refractivity contribution >= 4 is 15.9 Å². The number of piperidine rings is 1. The molecule has 3 rings (SSSR count). The third kappa shape index (κ3) is 4.42. The van der Waals surface area contributed by atoms with Crippen molar-refractivity contribution in [1.82, 2.24) is 19.4 Å². The first kappa shape index (κ1) is 21.2. The summed E-state index contributed by atoms with van der Waals surface area (Å²) in [6.07, 6.45) is -3.64. The summed E-state index contributed by atoms with van der Waals surface area (Å²) in [6, 6.07) is 5.52. The number of halogens is 3. The minimum Gasteiger partial charge on any atom is -0.417 e. The van der Waals surface area contributed by atoms with Crippen molar-refractivity contribution in [2.24, 2.45) is 0 Å². The van der Waals surface area contributed by atoms with Gasteiger partial charge in [-0.2, -0.15) is 13.2 Å². The fourth-order valence-electron chi connectivity index (χ4n) is 3.04. The van der Waals surface area contributed by atoms with E-state index in [0.29, 0.717) is 19.4 Å². The second kappa shape index (κ2) is 7.75. The number of carbonyl (C=O) groups excluding carboxylic acids is 1. The Hall–Kier alpha value is -2.47. The van der Waals surface area contributed by atoms with E-state index in [9.17, 15) is 26.4 Å². The van der Waals surface area contributed by atoms with E-state index >= 15 is 0 Å². The van der Waals surface area contributed by atoms with Crippen LogP contribution in [-0.2, 0) is 16.2 Å². The number of sulfonamides is 1. The summed E-state index contributed by atoms with van der Waals surface area (Å²) in [5, 5.41) is 6.51. The molecule has 29 heavy (non-hydrogen) atoms. The highest BCUT2D eigenvalue weighted by Gasteiger charge is 2.39. The monoisotopic (exact) mass is 432 g/mol. The van der Waals surface area contributed by atoms with Gasteiger partial charge in [0.05, 0.1) is 10.8 Å². The van der Waals surface area contributed by atoms with Gasteiger partial charge in [0.2, 0.25) is 15.9 Å². The van der Waals surface area contributed by atoms with Crippen LogP contribution < -0.4 is 0 Å². The topological polar surface area (TPSA) is 96.6 Å². The Morgan fingerprint density at radius 2 is 1.86 bits per heavy atom. The average molecular weight is 432 g/mol. The van der Waals surface area contributed by atoms with Crippen LogP contribution in [0.25, 0.3) is 0 Å². The Morgan fingerprint density at radius 3 is 2.41 bits per heavy atom. The molecule has 2 aromatic rings. The number of aromatic nitrogens is 2. The first-order chi connectivity index (χ1) is 13.5. The van der Waals surface area contributed by atoms with Gasteiger partial charge in [-0.1, -0.05) is 0 Å². The molecule has 1 fully saturated rings. The molecule has 0 aliphatic carbocycles. The maximum absolute atomic E-state index is 12.8. The second-order valence-electron chi connectivity index (χ2n) is 6.85. The largest absolute Gasteiger partial charge is 0.470 e. The number of benzene rings is 1. The zero-order valence-electron chi connectivity index (χ0n) is 15.7. The molecule has 1 aromatic heterocycles. The number of hydrogen-bond acceptors (Lipinski definition) is 6. The second-order valence-corrected chi connectivity index (χ2v) is 9.00. The molecule has 12 heteroatoms. The van der Waals surface area contributed by atoms with Gasteiger partial charge in [0.25, 0.3) is 5.91 Å². The number of nitrogens with zero attached hydrogens (tertiary/aromatic N) is 4. The maximum atomic E-state index is 12.8. The van der Waals surface area contributed by atoms with Crippen molar-refractivity contribution in [1.29, 1.82) is 0 Å². The molecular weight excluding hydrogens is 413 g/mol. The van der Waals surface area contributed by atoms with E-state index < -0.39 is 28.0 Å². The van der Waals surface area contributed by atoms with Crippen molar-refractivity contribution < 1.29 is 30.8 Å². The Labute approximate surface area is 165 Å². The van der Waals surface area contributed by atoms with Crippen LogP contribution in [0.4, 0.5) is 13.2 Å². The zero-order chi connectivity index (χ0) is 21.4. The van der Waals surface area contributed by atoms with Gasteiger partial charge in [0, 0.05) is 32.7 Å². The maximum Gasteiger partial charge on any atom is 0.470 e. The zero-order valence-corrected chi connectivity index (χ0v) is 16.5. The first-order valence-electron chi connectivity index (χ1n) is 8.72. The summed E-state index contributed by atoms with van der Waals surface area (Å²) in [6.45, 7) is 0.559. The Balaban J connectivity index is 1.74. The average Bonchev–Trinajstić information content (AvgIpc) is 3.18. The lowest BCUT2D eigenvalue weighted by molar-refractivity contribution is -0.157. The van der Waals surface area contributed by atoms with E-state index in [1.54, 1.807) is 0 Å². The minimum atomic E-state index is -4.72. The molecule has 1 aromatic carbocycles. The highest BCUT2D eigenvalue weighted by molar-refractivity contribution is 7.89. The number of carbonyl (C=O) groups is 1. The molecule has 0 bridgehead atoms. The molecule has 2 heterocycles. The Morgan fingerprint density at radius 1 is 1.21 bits per heavy atom. The van der Waals surface area contributed by atoms with E-state index in [0.717, 1.165) is 4.31 Å². The van der Waals surface area contributed by atoms with E-state index in [-0.39, 0.29) is 28.8 Å². The number of alkyl halides is 3. The Bertz CT molecular complexity index is 987. The third-order valence-corrected chi connectivity index (χ3v) is 6.45. The van der Waals surface area contributed by atoms with Crippen LogP contribution >= 0.6 is 0 Å². The molecule has 0 radical (unpaired) electrons. The lowest BCUT2D eigenvalue weighted by atomic mass is 9.97. The molecule has 0 spiro atoms. The van der Waals surface area contributed by atoms with Crippen LogP contribution in [0.3, 0.4) is 0 Å². The lowest BCUT2D eigenvalue weighted by Gasteiger charge is -2.31. The van der Waals surface area contributed by atoms with Gasteiger partial charge in [-0.15, -0.1) is 10.2 Å². The summed E-state index contributed by atoms with van der Waals surface area (Å²) in [4.78, 5) is 14.3. The van der Waals surface area contributed by atoms with Crippen molar-refractivity contribution in [2.45, 2.75) is 29.8 Å². The fraction of sp³-hybridized carbons (Fsp3) is 0.471. The summed E-state index contributed by atoms with van der Waals surface area (Å²) in [7, 11) is -0.796. The molecule has 158 valence electrons. The normalized spacial score (nSPS) is 18.3. The molecule has 1 amide bonds. The SMILES string of the molecule is CN(C)S(=O)(=O)c1ccc(C(=O)N2CCCC(c3nnc(C(F)(F)F)o3)C2)cc1. The van der Waals surface area contributed by atoms with Crippen LogP contribution in [0.2, 0.25) is 0 Å². The summed E-state index contributed by atoms with van der Waals surface area (Å²) >= 11 is 0. The summed E-state index contributed by atoms with van der Waals surface area (Å²) in [5.74, 6) is -2.40. The smallest absolute Gasteiger partial charge is 0.417 e. The van der Waals surface area contributed by atoms with Crippen LogP contribution in [0.5, 0.6) is 0 Å². The fourth-order valence-corrected chi connectivity index (χ4v) is 3.94. The van der Waals surface area contributed by atoms with Gasteiger partial charge in [-0.25, -0.2) is 12.7 Å². The quantitative estimate of drug-likeness (QED) is 0.736. The highest BCUT2D eigenvalue weighted by Crippen LogP contribution is 2.32. The van der Waals surface area contributed by atoms with Crippen molar-refractivity contribution in [2.75, 3.05) is 27.2 Å². The molecule has 8 nitrogen and oxygen atoms in total. The van der Waals surface area contributed by atoms with Crippen LogP contribution in [-0.4, -0.2) is 60.9 Å². The summed E-state index contributed by atoms with van der Waals surface area (Å²) < 4.78 is 68.0.